The van der Waals surface area contributed by atoms with Crippen LogP contribution in [0.3, 0.4) is 0 Å². The van der Waals surface area contributed by atoms with Gasteiger partial charge in [0.15, 0.2) is 0 Å². The summed E-state index contributed by atoms with van der Waals surface area (Å²) < 4.78 is 16.5. The second-order valence-electron chi connectivity index (χ2n) is 8.79. The Labute approximate surface area is 132 Å². The van der Waals surface area contributed by atoms with E-state index < -0.39 is 17.2 Å². The Kier molecular flexibility index (Phi) is 3.14. The van der Waals surface area contributed by atoms with Crippen molar-refractivity contribution in [1.82, 2.24) is 0 Å². The molecule has 3 saturated carbocycles. The van der Waals surface area contributed by atoms with Gasteiger partial charge in [-0.1, -0.05) is 25.5 Å². The van der Waals surface area contributed by atoms with Crippen molar-refractivity contribution in [3.63, 3.8) is 0 Å². The summed E-state index contributed by atoms with van der Waals surface area (Å²) >= 11 is 0. The molecular weight excluding hydrogens is 279 g/mol. The van der Waals surface area contributed by atoms with Gasteiger partial charge < -0.3 is 10.2 Å². The van der Waals surface area contributed by atoms with Gasteiger partial charge in [0.25, 0.3) is 0 Å². The first kappa shape index (κ1) is 15.1. The van der Waals surface area contributed by atoms with Crippen molar-refractivity contribution in [2.45, 2.75) is 83.1 Å². The molecule has 0 heterocycles. The van der Waals surface area contributed by atoms with E-state index in [1.54, 1.807) is 0 Å². The van der Waals surface area contributed by atoms with Crippen LogP contribution < -0.4 is 0 Å². The maximum absolute atomic E-state index is 16.5. The molecule has 0 amide bonds. The average molecular weight is 308 g/mol. The van der Waals surface area contributed by atoms with Crippen LogP contribution >= 0.6 is 0 Å². The Balaban J connectivity index is 1.81. The fraction of sp³-hybridized carbons (Fsp3) is 0.895. The van der Waals surface area contributed by atoms with Crippen molar-refractivity contribution in [3.05, 3.63) is 11.6 Å². The summed E-state index contributed by atoms with van der Waals surface area (Å²) in [5.74, 6) is 0.120. The maximum Gasteiger partial charge on any atom is 0.148 e. The van der Waals surface area contributed by atoms with Crippen LogP contribution in [-0.2, 0) is 0 Å². The summed E-state index contributed by atoms with van der Waals surface area (Å²) in [6, 6.07) is 0. The van der Waals surface area contributed by atoms with E-state index in [0.29, 0.717) is 6.42 Å². The molecule has 0 saturated heterocycles. The first-order valence-electron chi connectivity index (χ1n) is 9.08. The molecule has 3 fully saturated rings. The highest BCUT2D eigenvalue weighted by Crippen LogP contribution is 2.68. The lowest BCUT2D eigenvalue weighted by molar-refractivity contribution is -0.213. The van der Waals surface area contributed by atoms with E-state index in [4.69, 9.17) is 0 Å². The molecule has 0 radical (unpaired) electrons. The number of aliphatic hydroxyl groups excluding tert-OH is 2. The van der Waals surface area contributed by atoms with E-state index in [-0.39, 0.29) is 23.4 Å². The van der Waals surface area contributed by atoms with Gasteiger partial charge in [0.1, 0.15) is 5.67 Å². The van der Waals surface area contributed by atoms with Crippen LogP contribution in [0.1, 0.15) is 65.2 Å². The van der Waals surface area contributed by atoms with E-state index in [1.165, 1.54) is 5.57 Å². The van der Waals surface area contributed by atoms with Gasteiger partial charge in [0, 0.05) is 11.3 Å². The van der Waals surface area contributed by atoms with Gasteiger partial charge >= 0.3 is 0 Å². The quantitative estimate of drug-likeness (QED) is 0.669. The zero-order valence-corrected chi connectivity index (χ0v) is 13.8. The lowest BCUT2D eigenvalue weighted by atomic mass is 9.45. The second-order valence-corrected chi connectivity index (χ2v) is 8.79. The Hall–Kier alpha value is -0.410. The first-order valence-corrected chi connectivity index (χ1v) is 9.08. The molecule has 0 aliphatic heterocycles. The smallest absolute Gasteiger partial charge is 0.148 e. The highest BCUT2D eigenvalue weighted by molar-refractivity contribution is 5.31. The minimum Gasteiger partial charge on any atom is -0.393 e. The van der Waals surface area contributed by atoms with Crippen molar-refractivity contribution in [2.75, 3.05) is 0 Å². The van der Waals surface area contributed by atoms with Gasteiger partial charge in [-0.2, -0.15) is 0 Å². The van der Waals surface area contributed by atoms with Crippen LogP contribution in [0.15, 0.2) is 11.6 Å². The number of allylic oxidation sites excluding steroid dienone is 2. The molecule has 3 heteroatoms. The summed E-state index contributed by atoms with van der Waals surface area (Å²) in [7, 11) is 0. The van der Waals surface area contributed by atoms with Gasteiger partial charge in [0.2, 0.25) is 0 Å². The van der Waals surface area contributed by atoms with Crippen molar-refractivity contribution in [3.8, 4) is 0 Å². The molecule has 7 atom stereocenters. The molecule has 2 N–H and O–H groups in total. The van der Waals surface area contributed by atoms with Crippen LogP contribution in [0.5, 0.6) is 0 Å². The Bertz CT molecular complexity index is 518. The monoisotopic (exact) mass is 308 g/mol. The lowest BCUT2D eigenvalue weighted by Crippen LogP contribution is -2.67. The third-order valence-electron chi connectivity index (χ3n) is 8.05. The second kappa shape index (κ2) is 4.57. The molecule has 0 spiro atoms. The standard InChI is InChI=1S/C19H29FO2/c1-17-11-16(22)19(20)14(13(17)8-9-15(17)21)7-6-12-5-3-4-10-18(12,19)2/h5,13-16,21-22H,3-4,6-11H2,1-2H3/t13-,14-,15+,16-,17-,18-,19-/m0/s1. The number of aliphatic hydroxyl groups is 2. The van der Waals surface area contributed by atoms with Crippen molar-refractivity contribution < 1.29 is 14.6 Å². The SMILES string of the molecule is C[C@]12C[C@H](O)[C@@]3(F)[C@@H](CCC4=CCCC[C@@]43C)[C@@H]1CC[C@H]2O. The van der Waals surface area contributed by atoms with E-state index in [0.717, 1.165) is 44.9 Å². The summed E-state index contributed by atoms with van der Waals surface area (Å²) in [5, 5.41) is 21.3. The minimum atomic E-state index is -1.51. The third-order valence-corrected chi connectivity index (χ3v) is 8.05. The Morgan fingerprint density at radius 2 is 1.86 bits per heavy atom. The molecule has 4 aliphatic rings. The summed E-state index contributed by atoms with van der Waals surface area (Å²) in [6.07, 6.45) is 7.75. The molecule has 4 rings (SSSR count). The molecule has 2 nitrogen and oxygen atoms in total. The molecular formula is C19H29FO2. The van der Waals surface area contributed by atoms with Crippen LogP contribution in [0.2, 0.25) is 0 Å². The average Bonchev–Trinajstić information content (AvgIpc) is 2.76. The number of halogens is 1. The summed E-state index contributed by atoms with van der Waals surface area (Å²) in [4.78, 5) is 0. The number of alkyl halides is 1. The summed E-state index contributed by atoms with van der Waals surface area (Å²) in [5.41, 5.74) is -1.06. The van der Waals surface area contributed by atoms with Crippen LogP contribution in [0.4, 0.5) is 4.39 Å². The third kappa shape index (κ3) is 1.57. The van der Waals surface area contributed by atoms with E-state index >= 15 is 4.39 Å². The van der Waals surface area contributed by atoms with Crippen molar-refractivity contribution in [1.29, 1.82) is 0 Å². The molecule has 0 aromatic heterocycles. The number of hydrogen-bond acceptors (Lipinski definition) is 2. The predicted octanol–water partition coefficient (Wildman–Crippen LogP) is 3.76. The van der Waals surface area contributed by atoms with Crippen molar-refractivity contribution >= 4 is 0 Å². The molecule has 124 valence electrons. The molecule has 0 aromatic rings. The Morgan fingerprint density at radius 1 is 1.09 bits per heavy atom. The first-order chi connectivity index (χ1) is 10.3. The van der Waals surface area contributed by atoms with E-state index in [9.17, 15) is 10.2 Å². The molecule has 0 unspecified atom stereocenters. The van der Waals surface area contributed by atoms with Gasteiger partial charge in [-0.25, -0.2) is 4.39 Å². The van der Waals surface area contributed by atoms with E-state index in [2.05, 4.69) is 19.9 Å². The predicted molar refractivity (Wildman–Crippen MR) is 84.1 cm³/mol. The zero-order chi connectivity index (χ0) is 15.8. The largest absolute Gasteiger partial charge is 0.393 e. The van der Waals surface area contributed by atoms with Crippen LogP contribution in [-0.4, -0.2) is 28.1 Å². The fourth-order valence-electron chi connectivity index (χ4n) is 6.73. The highest BCUT2D eigenvalue weighted by Gasteiger charge is 2.70. The minimum absolute atomic E-state index is 0.0985. The normalized spacial score (nSPS) is 57.6. The maximum atomic E-state index is 16.5. The number of hydrogen-bond donors (Lipinski definition) is 2. The highest BCUT2D eigenvalue weighted by atomic mass is 19.1. The van der Waals surface area contributed by atoms with Gasteiger partial charge in [0.05, 0.1) is 12.2 Å². The topological polar surface area (TPSA) is 40.5 Å². The lowest BCUT2D eigenvalue weighted by Gasteiger charge is -2.62. The van der Waals surface area contributed by atoms with E-state index in [1.807, 2.05) is 0 Å². The van der Waals surface area contributed by atoms with Gasteiger partial charge in [-0.15, -0.1) is 0 Å². The molecule has 0 aromatic carbocycles. The van der Waals surface area contributed by atoms with Crippen LogP contribution in [0, 0.1) is 22.7 Å². The number of fused-ring (bicyclic) bond motifs is 5. The number of rotatable bonds is 0. The molecule has 4 aliphatic carbocycles. The van der Waals surface area contributed by atoms with Gasteiger partial charge in [-0.3, -0.25) is 0 Å². The van der Waals surface area contributed by atoms with Gasteiger partial charge in [-0.05, 0) is 62.7 Å². The Morgan fingerprint density at radius 3 is 2.64 bits per heavy atom. The zero-order valence-electron chi connectivity index (χ0n) is 13.8. The molecule has 22 heavy (non-hydrogen) atoms. The molecule has 0 bridgehead atoms. The van der Waals surface area contributed by atoms with Crippen LogP contribution in [0.25, 0.3) is 0 Å². The summed E-state index contributed by atoms with van der Waals surface area (Å²) in [6.45, 7) is 4.13. The fourth-order valence-corrected chi connectivity index (χ4v) is 6.73. The van der Waals surface area contributed by atoms with Crippen molar-refractivity contribution in [2.24, 2.45) is 22.7 Å².